The van der Waals surface area contributed by atoms with E-state index in [0.717, 1.165) is 18.4 Å². The number of nitrogens with two attached hydrogens (primary N) is 1. The first kappa shape index (κ1) is 22.3. The molecule has 0 atom stereocenters. The molecule has 0 bridgehead atoms. The lowest BCUT2D eigenvalue weighted by Crippen LogP contribution is -2.27. The van der Waals surface area contributed by atoms with Crippen LogP contribution in [0.4, 0.5) is 11.6 Å². The number of hydrogen-bond donors (Lipinski definition) is 2. The van der Waals surface area contributed by atoms with Gasteiger partial charge in [0.1, 0.15) is 6.54 Å². The SMILES string of the molecule is Nc1nnc(SCc2ccccc2)n1CC(=O)Nc1ccc(S(=O)(=O)N2CCCC2)cc1. The Morgan fingerprint density at radius 3 is 2.41 bits per heavy atom. The molecule has 168 valence electrons. The molecule has 4 rings (SSSR count). The third kappa shape index (κ3) is 5.12. The topological polar surface area (TPSA) is 123 Å². The fraction of sp³-hybridized carbons (Fsp3) is 0.286. The van der Waals surface area contributed by atoms with Crippen LogP contribution in [0.15, 0.2) is 64.6 Å². The first-order valence-corrected chi connectivity index (χ1v) is 12.6. The van der Waals surface area contributed by atoms with E-state index in [2.05, 4.69) is 15.5 Å². The fourth-order valence-electron chi connectivity index (χ4n) is 3.41. The maximum atomic E-state index is 12.6. The maximum Gasteiger partial charge on any atom is 0.244 e. The van der Waals surface area contributed by atoms with Crippen molar-refractivity contribution in [2.75, 3.05) is 24.1 Å². The molecule has 1 amide bonds. The van der Waals surface area contributed by atoms with E-state index >= 15 is 0 Å². The van der Waals surface area contributed by atoms with Crippen LogP contribution in [0.5, 0.6) is 0 Å². The van der Waals surface area contributed by atoms with E-state index in [9.17, 15) is 13.2 Å². The van der Waals surface area contributed by atoms with Crippen LogP contribution in [0.25, 0.3) is 0 Å². The number of nitrogens with one attached hydrogen (secondary N) is 1. The monoisotopic (exact) mass is 472 g/mol. The van der Waals surface area contributed by atoms with Crippen LogP contribution < -0.4 is 11.1 Å². The number of aromatic nitrogens is 3. The molecule has 0 unspecified atom stereocenters. The number of hydrogen-bond acceptors (Lipinski definition) is 7. The largest absolute Gasteiger partial charge is 0.368 e. The zero-order chi connectivity index (χ0) is 22.6. The molecule has 11 heteroatoms. The number of nitrogen functional groups attached to an aromatic ring is 1. The van der Waals surface area contributed by atoms with Gasteiger partial charge in [0.25, 0.3) is 0 Å². The Morgan fingerprint density at radius 2 is 1.72 bits per heavy atom. The van der Waals surface area contributed by atoms with Gasteiger partial charge in [0.15, 0.2) is 5.16 Å². The number of sulfonamides is 1. The number of nitrogens with zero attached hydrogens (tertiary/aromatic N) is 4. The maximum absolute atomic E-state index is 12.6. The van der Waals surface area contributed by atoms with Gasteiger partial charge in [-0.15, -0.1) is 10.2 Å². The average Bonchev–Trinajstić information content (AvgIpc) is 3.45. The molecule has 0 spiro atoms. The van der Waals surface area contributed by atoms with Crippen molar-refractivity contribution in [2.24, 2.45) is 0 Å². The Bertz CT molecular complexity index is 1170. The standard InChI is InChI=1S/C21H24N6O3S2/c22-20-24-25-21(31-15-16-6-2-1-3-7-16)27(20)14-19(28)23-17-8-10-18(11-9-17)32(29,30)26-12-4-5-13-26/h1-3,6-11H,4-5,12-15H2,(H2,22,24)(H,23,28). The summed E-state index contributed by atoms with van der Waals surface area (Å²) in [6.45, 7) is 1.04. The van der Waals surface area contributed by atoms with Crippen molar-refractivity contribution >= 4 is 39.3 Å². The molecule has 1 aliphatic rings. The lowest BCUT2D eigenvalue weighted by molar-refractivity contribution is -0.116. The van der Waals surface area contributed by atoms with Gasteiger partial charge in [0.2, 0.25) is 21.9 Å². The molecule has 0 radical (unpaired) electrons. The minimum Gasteiger partial charge on any atom is -0.368 e. The van der Waals surface area contributed by atoms with Gasteiger partial charge >= 0.3 is 0 Å². The Labute approximate surface area is 191 Å². The number of benzene rings is 2. The van der Waals surface area contributed by atoms with E-state index in [4.69, 9.17) is 5.73 Å². The molecule has 1 aromatic heterocycles. The first-order valence-electron chi connectivity index (χ1n) is 10.2. The van der Waals surface area contributed by atoms with Crippen LogP contribution in [0, 0.1) is 0 Å². The lowest BCUT2D eigenvalue weighted by Gasteiger charge is -2.15. The highest BCUT2D eigenvalue weighted by atomic mass is 32.2. The summed E-state index contributed by atoms with van der Waals surface area (Å²) >= 11 is 1.44. The second-order valence-electron chi connectivity index (χ2n) is 7.38. The van der Waals surface area contributed by atoms with E-state index in [0.29, 0.717) is 29.7 Å². The number of rotatable bonds is 8. The van der Waals surface area contributed by atoms with Crippen molar-refractivity contribution in [3.05, 3.63) is 60.2 Å². The van der Waals surface area contributed by atoms with Crippen LogP contribution in [-0.4, -0.2) is 46.5 Å². The molecule has 0 saturated carbocycles. The van der Waals surface area contributed by atoms with Crippen LogP contribution in [0.3, 0.4) is 0 Å². The fourth-order valence-corrected chi connectivity index (χ4v) is 5.83. The molecule has 1 saturated heterocycles. The van der Waals surface area contributed by atoms with E-state index < -0.39 is 10.0 Å². The normalized spacial score (nSPS) is 14.5. The second kappa shape index (κ2) is 9.72. The van der Waals surface area contributed by atoms with E-state index in [1.165, 1.54) is 28.2 Å². The summed E-state index contributed by atoms with van der Waals surface area (Å²) in [5.41, 5.74) is 7.53. The zero-order valence-electron chi connectivity index (χ0n) is 17.3. The summed E-state index contributed by atoms with van der Waals surface area (Å²) in [6.07, 6.45) is 1.76. The Hall–Kier alpha value is -2.89. The number of thioether (sulfide) groups is 1. The highest BCUT2D eigenvalue weighted by molar-refractivity contribution is 7.98. The Morgan fingerprint density at radius 1 is 1.03 bits per heavy atom. The molecule has 1 fully saturated rings. The zero-order valence-corrected chi connectivity index (χ0v) is 19.0. The summed E-state index contributed by atoms with van der Waals surface area (Å²) in [7, 11) is -3.48. The van der Waals surface area contributed by atoms with Gasteiger partial charge in [-0.2, -0.15) is 4.31 Å². The van der Waals surface area contributed by atoms with Gasteiger partial charge in [-0.05, 0) is 42.7 Å². The van der Waals surface area contributed by atoms with Crippen molar-refractivity contribution in [1.29, 1.82) is 0 Å². The summed E-state index contributed by atoms with van der Waals surface area (Å²) < 4.78 is 28.3. The predicted molar refractivity (Wildman–Crippen MR) is 124 cm³/mol. The lowest BCUT2D eigenvalue weighted by atomic mass is 10.2. The van der Waals surface area contributed by atoms with Crippen molar-refractivity contribution < 1.29 is 13.2 Å². The van der Waals surface area contributed by atoms with Gasteiger partial charge < -0.3 is 11.1 Å². The molecule has 1 aliphatic heterocycles. The molecule has 32 heavy (non-hydrogen) atoms. The first-order chi connectivity index (χ1) is 15.4. The van der Waals surface area contributed by atoms with Gasteiger partial charge in [0.05, 0.1) is 4.90 Å². The molecule has 0 aliphatic carbocycles. The summed E-state index contributed by atoms with van der Waals surface area (Å²) in [5, 5.41) is 11.3. The molecular weight excluding hydrogens is 448 g/mol. The third-order valence-electron chi connectivity index (χ3n) is 5.10. The minimum atomic E-state index is -3.48. The van der Waals surface area contributed by atoms with E-state index in [1.807, 2.05) is 30.3 Å². The van der Waals surface area contributed by atoms with Crippen molar-refractivity contribution in [3.63, 3.8) is 0 Å². The number of anilines is 2. The molecule has 9 nitrogen and oxygen atoms in total. The van der Waals surface area contributed by atoms with Gasteiger partial charge in [0, 0.05) is 24.5 Å². The van der Waals surface area contributed by atoms with Crippen molar-refractivity contribution in [2.45, 2.75) is 35.2 Å². The van der Waals surface area contributed by atoms with Crippen molar-refractivity contribution in [3.8, 4) is 0 Å². The number of amides is 1. The molecule has 2 heterocycles. The van der Waals surface area contributed by atoms with Crippen LogP contribution in [0.2, 0.25) is 0 Å². The van der Waals surface area contributed by atoms with Crippen molar-refractivity contribution in [1.82, 2.24) is 19.1 Å². The highest BCUT2D eigenvalue weighted by Gasteiger charge is 2.27. The molecule has 2 aromatic carbocycles. The van der Waals surface area contributed by atoms with Gasteiger partial charge in [-0.3, -0.25) is 9.36 Å². The van der Waals surface area contributed by atoms with Gasteiger partial charge in [-0.25, -0.2) is 8.42 Å². The van der Waals surface area contributed by atoms with Crippen LogP contribution >= 0.6 is 11.8 Å². The molecule has 3 N–H and O–H groups in total. The second-order valence-corrected chi connectivity index (χ2v) is 10.3. The van der Waals surface area contributed by atoms with E-state index in [-0.39, 0.29) is 23.3 Å². The smallest absolute Gasteiger partial charge is 0.244 e. The molecule has 3 aromatic rings. The summed E-state index contributed by atoms with van der Waals surface area (Å²) in [5.74, 6) is 0.518. The third-order valence-corrected chi connectivity index (χ3v) is 8.05. The van der Waals surface area contributed by atoms with Gasteiger partial charge in [-0.1, -0.05) is 42.1 Å². The van der Waals surface area contributed by atoms with Crippen LogP contribution in [0.1, 0.15) is 18.4 Å². The molecular formula is C21H24N6O3S2. The number of carbonyl (C=O) groups is 1. The predicted octanol–water partition coefficient (Wildman–Crippen LogP) is 2.58. The summed E-state index contributed by atoms with van der Waals surface area (Å²) in [6, 6.07) is 16.1. The van der Waals surface area contributed by atoms with Crippen LogP contribution in [-0.2, 0) is 27.1 Å². The summed E-state index contributed by atoms with van der Waals surface area (Å²) in [4.78, 5) is 12.8. The minimum absolute atomic E-state index is 0.0518. The quantitative estimate of drug-likeness (QED) is 0.483. The highest BCUT2D eigenvalue weighted by Crippen LogP contribution is 2.24. The van der Waals surface area contributed by atoms with E-state index in [1.54, 1.807) is 16.7 Å². The number of carbonyl (C=O) groups excluding carboxylic acids is 1. The Kier molecular flexibility index (Phi) is 6.77. The Balaban J connectivity index is 1.38. The average molecular weight is 473 g/mol.